The highest BCUT2D eigenvalue weighted by Gasteiger charge is 2.03. The van der Waals surface area contributed by atoms with Gasteiger partial charge in [0.25, 0.3) is 0 Å². The van der Waals surface area contributed by atoms with Gasteiger partial charge in [0.15, 0.2) is 4.80 Å². The molecular formula is C12H14N2OS. The summed E-state index contributed by atoms with van der Waals surface area (Å²) in [4.78, 5) is 16.4. The molecule has 0 unspecified atom stereocenters. The highest BCUT2D eigenvalue weighted by molar-refractivity contribution is 7.16. The Hall–Kier alpha value is -1.42. The van der Waals surface area contributed by atoms with E-state index in [0.717, 1.165) is 21.4 Å². The summed E-state index contributed by atoms with van der Waals surface area (Å²) in [5.74, 6) is -0.0374. The van der Waals surface area contributed by atoms with Gasteiger partial charge in [-0.3, -0.25) is 4.79 Å². The lowest BCUT2D eigenvalue weighted by Crippen LogP contribution is -2.12. The highest BCUT2D eigenvalue weighted by atomic mass is 32.1. The van der Waals surface area contributed by atoms with Crippen LogP contribution in [0, 0.1) is 0 Å². The normalized spacial score (nSPS) is 12.2. The molecule has 0 N–H and O–H groups in total. The Morgan fingerprint density at radius 3 is 2.88 bits per heavy atom. The van der Waals surface area contributed by atoms with Gasteiger partial charge < -0.3 is 4.57 Å². The molecule has 0 saturated carbocycles. The molecule has 3 nitrogen and oxygen atoms in total. The van der Waals surface area contributed by atoms with Crippen LogP contribution in [0.3, 0.4) is 0 Å². The quantitative estimate of drug-likeness (QED) is 0.786. The van der Waals surface area contributed by atoms with Crippen molar-refractivity contribution >= 4 is 27.5 Å². The summed E-state index contributed by atoms with van der Waals surface area (Å²) in [7, 11) is 1.94. The average Bonchev–Trinajstić information content (AvgIpc) is 2.57. The fourth-order valence-corrected chi connectivity index (χ4v) is 2.60. The molecule has 0 aliphatic heterocycles. The molecule has 0 aliphatic rings. The van der Waals surface area contributed by atoms with Crippen LogP contribution in [0.15, 0.2) is 29.3 Å². The van der Waals surface area contributed by atoms with E-state index in [4.69, 9.17) is 0 Å². The van der Waals surface area contributed by atoms with Gasteiger partial charge in [-0.25, -0.2) is 0 Å². The number of hydrogen-bond acceptors (Lipinski definition) is 2. The van der Waals surface area contributed by atoms with Crippen LogP contribution in [0.2, 0.25) is 0 Å². The predicted molar refractivity (Wildman–Crippen MR) is 66.3 cm³/mol. The lowest BCUT2D eigenvalue weighted by atomic mass is 10.3. The lowest BCUT2D eigenvalue weighted by Gasteiger charge is -1.93. The van der Waals surface area contributed by atoms with Crippen molar-refractivity contribution in [1.82, 2.24) is 4.57 Å². The van der Waals surface area contributed by atoms with E-state index in [1.165, 1.54) is 0 Å². The molecule has 1 heterocycles. The van der Waals surface area contributed by atoms with Crippen LogP contribution in [0.5, 0.6) is 0 Å². The molecule has 1 amide bonds. The largest absolute Gasteiger partial charge is 0.319 e. The molecule has 0 bridgehead atoms. The maximum Gasteiger partial charge on any atom is 0.248 e. The number of fused-ring (bicyclic) bond motifs is 1. The second kappa shape index (κ2) is 4.61. The molecule has 2 rings (SSSR count). The summed E-state index contributed by atoms with van der Waals surface area (Å²) in [6.07, 6.45) is 1.37. The number of carbonyl (C=O) groups is 1. The van der Waals surface area contributed by atoms with Crippen LogP contribution in [-0.4, -0.2) is 10.5 Å². The van der Waals surface area contributed by atoms with Crippen LogP contribution in [0.1, 0.15) is 19.8 Å². The molecule has 1 aromatic carbocycles. The van der Waals surface area contributed by atoms with E-state index in [-0.39, 0.29) is 5.91 Å². The second-order valence-electron chi connectivity index (χ2n) is 3.67. The number of nitrogens with zero attached hydrogens (tertiary/aromatic N) is 2. The smallest absolute Gasteiger partial charge is 0.248 e. The third-order valence-electron chi connectivity index (χ3n) is 2.40. The molecule has 1 aromatic heterocycles. The first-order chi connectivity index (χ1) is 7.72. The van der Waals surface area contributed by atoms with Crippen LogP contribution >= 0.6 is 11.3 Å². The van der Waals surface area contributed by atoms with E-state index in [1.54, 1.807) is 11.3 Å². The molecule has 84 valence electrons. The minimum Gasteiger partial charge on any atom is -0.319 e. The van der Waals surface area contributed by atoms with Crippen LogP contribution in [0.25, 0.3) is 10.2 Å². The molecule has 0 spiro atoms. The third-order valence-corrected chi connectivity index (χ3v) is 3.51. The van der Waals surface area contributed by atoms with E-state index < -0.39 is 0 Å². The van der Waals surface area contributed by atoms with E-state index >= 15 is 0 Å². The average molecular weight is 234 g/mol. The number of para-hydroxylation sites is 1. The Morgan fingerprint density at radius 1 is 1.44 bits per heavy atom. The first kappa shape index (κ1) is 11.1. The Balaban J connectivity index is 2.53. The molecule has 0 atom stereocenters. The Morgan fingerprint density at radius 2 is 2.19 bits per heavy atom. The molecule has 16 heavy (non-hydrogen) atoms. The molecule has 0 saturated heterocycles. The Labute approximate surface area is 98.1 Å². The van der Waals surface area contributed by atoms with Gasteiger partial charge in [0.05, 0.1) is 10.2 Å². The van der Waals surface area contributed by atoms with Crippen LogP contribution in [-0.2, 0) is 11.8 Å². The summed E-state index contributed by atoms with van der Waals surface area (Å²) in [5, 5.41) is 0. The van der Waals surface area contributed by atoms with Gasteiger partial charge in [-0.05, 0) is 18.6 Å². The van der Waals surface area contributed by atoms with Crippen molar-refractivity contribution < 1.29 is 4.79 Å². The summed E-state index contributed by atoms with van der Waals surface area (Å²) >= 11 is 1.55. The van der Waals surface area contributed by atoms with Crippen molar-refractivity contribution in [2.24, 2.45) is 12.0 Å². The number of amides is 1. The van der Waals surface area contributed by atoms with E-state index in [9.17, 15) is 4.79 Å². The number of carbonyl (C=O) groups excluding carboxylic acids is 1. The molecule has 0 aliphatic carbocycles. The molecule has 0 fully saturated rings. The van der Waals surface area contributed by atoms with Gasteiger partial charge in [-0.2, -0.15) is 4.99 Å². The van der Waals surface area contributed by atoms with E-state index in [0.29, 0.717) is 6.42 Å². The first-order valence-electron chi connectivity index (χ1n) is 5.34. The zero-order valence-electron chi connectivity index (χ0n) is 9.43. The fourth-order valence-electron chi connectivity index (χ4n) is 1.56. The maximum atomic E-state index is 11.5. The van der Waals surface area contributed by atoms with Crippen LogP contribution in [0.4, 0.5) is 0 Å². The molecule has 4 heteroatoms. The van der Waals surface area contributed by atoms with Gasteiger partial charge in [0, 0.05) is 13.5 Å². The predicted octanol–water partition coefficient (Wildman–Crippen LogP) is 2.47. The number of aromatic nitrogens is 1. The number of hydrogen-bond donors (Lipinski definition) is 0. The fraction of sp³-hybridized carbons (Fsp3) is 0.333. The van der Waals surface area contributed by atoms with Gasteiger partial charge in [0.1, 0.15) is 0 Å². The van der Waals surface area contributed by atoms with Crippen molar-refractivity contribution in [3.05, 3.63) is 29.1 Å². The summed E-state index contributed by atoms with van der Waals surface area (Å²) in [6, 6.07) is 8.07. The molecule has 0 radical (unpaired) electrons. The lowest BCUT2D eigenvalue weighted by molar-refractivity contribution is -0.118. The van der Waals surface area contributed by atoms with Gasteiger partial charge >= 0.3 is 0 Å². The third kappa shape index (κ3) is 2.07. The van der Waals surface area contributed by atoms with E-state index in [2.05, 4.69) is 4.99 Å². The highest BCUT2D eigenvalue weighted by Crippen LogP contribution is 2.15. The Bertz CT molecular complexity index is 580. The minimum absolute atomic E-state index is 0.0374. The van der Waals surface area contributed by atoms with Crippen molar-refractivity contribution in [3.63, 3.8) is 0 Å². The zero-order valence-corrected chi connectivity index (χ0v) is 10.3. The van der Waals surface area contributed by atoms with E-state index in [1.807, 2.05) is 42.8 Å². The van der Waals surface area contributed by atoms with Gasteiger partial charge in [-0.15, -0.1) is 0 Å². The standard InChI is InChI=1S/C12H14N2OS/c1-3-6-11(15)13-12-14(2)9-7-4-5-8-10(9)16-12/h4-5,7-8H,3,6H2,1-2H3. The second-order valence-corrected chi connectivity index (χ2v) is 4.68. The first-order valence-corrected chi connectivity index (χ1v) is 6.16. The Kier molecular flexibility index (Phi) is 3.19. The summed E-state index contributed by atoms with van der Waals surface area (Å²) in [6.45, 7) is 1.98. The van der Waals surface area contributed by atoms with Crippen LogP contribution < -0.4 is 4.80 Å². The molecular weight excluding hydrogens is 220 g/mol. The number of rotatable bonds is 2. The zero-order chi connectivity index (χ0) is 11.5. The van der Waals surface area contributed by atoms with Crippen molar-refractivity contribution in [1.29, 1.82) is 0 Å². The summed E-state index contributed by atoms with van der Waals surface area (Å²) < 4.78 is 3.13. The number of thiazole rings is 1. The topological polar surface area (TPSA) is 34.4 Å². The van der Waals surface area contributed by atoms with Crippen molar-refractivity contribution in [3.8, 4) is 0 Å². The van der Waals surface area contributed by atoms with Crippen molar-refractivity contribution in [2.45, 2.75) is 19.8 Å². The minimum atomic E-state index is -0.0374. The summed E-state index contributed by atoms with van der Waals surface area (Å²) in [5.41, 5.74) is 1.12. The SMILES string of the molecule is CCCC(=O)N=c1sc2ccccc2n1C. The van der Waals surface area contributed by atoms with Gasteiger partial charge in [0.2, 0.25) is 5.91 Å². The van der Waals surface area contributed by atoms with Crippen molar-refractivity contribution in [2.75, 3.05) is 0 Å². The monoisotopic (exact) mass is 234 g/mol. The van der Waals surface area contributed by atoms with Gasteiger partial charge in [-0.1, -0.05) is 30.4 Å². The number of aryl methyl sites for hydroxylation is 1. The maximum absolute atomic E-state index is 11.5. The molecule has 2 aromatic rings. The number of benzene rings is 1.